The molecule has 0 radical (unpaired) electrons. The van der Waals surface area contributed by atoms with Crippen LogP contribution >= 0.6 is 11.6 Å². The second-order valence-electron chi connectivity index (χ2n) is 5.56. The lowest BCUT2D eigenvalue weighted by atomic mass is 9.96. The molecule has 2 rings (SSSR count). The number of carbonyl (C=O) groups is 1. The van der Waals surface area contributed by atoms with Gasteiger partial charge in [0.15, 0.2) is 0 Å². The maximum atomic E-state index is 11.9. The van der Waals surface area contributed by atoms with Gasteiger partial charge in [-0.15, -0.1) is 0 Å². The molecule has 1 aliphatic carbocycles. The summed E-state index contributed by atoms with van der Waals surface area (Å²) >= 11 is 6.04. The summed E-state index contributed by atoms with van der Waals surface area (Å²) in [7, 11) is 0. The van der Waals surface area contributed by atoms with Gasteiger partial charge in [0.25, 0.3) is 0 Å². The molecule has 1 fully saturated rings. The first-order valence-corrected chi connectivity index (χ1v) is 7.85. The quantitative estimate of drug-likeness (QED) is 0.888. The number of aliphatic hydroxyl groups is 1. The number of ether oxygens (including phenoxy) is 1. The van der Waals surface area contributed by atoms with Crippen LogP contribution in [0.4, 0.5) is 4.79 Å². The molecule has 0 bridgehead atoms. The standard InChI is InChI=1S/C16H22ClNO3/c1-11(15(19)13-9-5-6-10-14(13)17)21-16(20)18-12-7-3-2-4-8-12/h5-6,9-12,15,19H,2-4,7-8H2,1H3,(H,18,20)/t11-,15-/m1/s1. The molecule has 4 nitrogen and oxygen atoms in total. The van der Waals surface area contributed by atoms with Crippen molar-refractivity contribution in [3.63, 3.8) is 0 Å². The van der Waals surface area contributed by atoms with Crippen LogP contribution in [0.2, 0.25) is 5.02 Å². The molecule has 1 aromatic carbocycles. The first kappa shape index (κ1) is 16.1. The Hall–Kier alpha value is -1.26. The Morgan fingerprint density at radius 1 is 1.33 bits per heavy atom. The molecule has 21 heavy (non-hydrogen) atoms. The van der Waals surface area contributed by atoms with Crippen molar-refractivity contribution in [2.75, 3.05) is 0 Å². The van der Waals surface area contributed by atoms with E-state index in [1.165, 1.54) is 6.42 Å². The molecule has 116 valence electrons. The molecule has 1 aliphatic rings. The van der Waals surface area contributed by atoms with Crippen molar-refractivity contribution in [1.29, 1.82) is 0 Å². The Bertz CT molecular complexity index is 474. The van der Waals surface area contributed by atoms with Crippen molar-refractivity contribution < 1.29 is 14.6 Å². The molecule has 1 saturated carbocycles. The molecule has 1 aromatic rings. The van der Waals surface area contributed by atoms with Crippen LogP contribution in [0.25, 0.3) is 0 Å². The molecule has 2 N–H and O–H groups in total. The fraction of sp³-hybridized carbons (Fsp3) is 0.562. The molecule has 0 aromatic heterocycles. The van der Waals surface area contributed by atoms with Gasteiger partial charge in [-0.1, -0.05) is 49.1 Å². The molecule has 5 heteroatoms. The minimum absolute atomic E-state index is 0.191. The van der Waals surface area contributed by atoms with Gasteiger partial charge in [-0.05, 0) is 25.8 Å². The lowest BCUT2D eigenvalue weighted by molar-refractivity contribution is 0.0103. The molecule has 1 amide bonds. The third kappa shape index (κ3) is 4.61. The van der Waals surface area contributed by atoms with Gasteiger partial charge in [-0.2, -0.15) is 0 Å². The van der Waals surface area contributed by atoms with E-state index < -0.39 is 18.3 Å². The van der Waals surface area contributed by atoms with Crippen molar-refractivity contribution >= 4 is 17.7 Å². The normalized spacial score (nSPS) is 18.8. The van der Waals surface area contributed by atoms with E-state index in [9.17, 15) is 9.90 Å². The number of aliphatic hydroxyl groups excluding tert-OH is 1. The van der Waals surface area contributed by atoms with Gasteiger partial charge < -0.3 is 15.2 Å². The van der Waals surface area contributed by atoms with E-state index in [0.29, 0.717) is 10.6 Å². The van der Waals surface area contributed by atoms with Crippen LogP contribution < -0.4 is 5.32 Å². The van der Waals surface area contributed by atoms with Crippen molar-refractivity contribution in [2.45, 2.75) is 57.3 Å². The number of halogens is 1. The average Bonchev–Trinajstić information content (AvgIpc) is 2.48. The van der Waals surface area contributed by atoms with E-state index >= 15 is 0 Å². The third-order valence-corrected chi connectivity index (χ3v) is 4.23. The van der Waals surface area contributed by atoms with E-state index in [2.05, 4.69) is 5.32 Å². The summed E-state index contributed by atoms with van der Waals surface area (Å²) in [5.74, 6) is 0. The van der Waals surface area contributed by atoms with Crippen molar-refractivity contribution in [2.24, 2.45) is 0 Å². The molecule has 0 unspecified atom stereocenters. The van der Waals surface area contributed by atoms with Gasteiger partial charge in [0.1, 0.15) is 12.2 Å². The molecular weight excluding hydrogens is 290 g/mol. The number of nitrogens with one attached hydrogen (secondary N) is 1. The van der Waals surface area contributed by atoms with E-state index in [4.69, 9.17) is 16.3 Å². The molecular formula is C16H22ClNO3. The number of hydrogen-bond donors (Lipinski definition) is 2. The lowest BCUT2D eigenvalue weighted by Crippen LogP contribution is -2.38. The van der Waals surface area contributed by atoms with Crippen LogP contribution in [0.15, 0.2) is 24.3 Å². The SMILES string of the molecule is C[C@@H](OC(=O)NC1CCCCC1)[C@@H](O)c1ccccc1Cl. The van der Waals surface area contributed by atoms with Crippen LogP contribution in [0.3, 0.4) is 0 Å². The highest BCUT2D eigenvalue weighted by molar-refractivity contribution is 6.31. The van der Waals surface area contributed by atoms with Crippen LogP contribution in [0.1, 0.15) is 50.7 Å². The highest BCUT2D eigenvalue weighted by Gasteiger charge is 2.24. The minimum Gasteiger partial charge on any atom is -0.443 e. The fourth-order valence-corrected chi connectivity index (χ4v) is 2.90. The zero-order valence-corrected chi connectivity index (χ0v) is 13.0. The fourth-order valence-electron chi connectivity index (χ4n) is 2.65. The predicted molar refractivity (Wildman–Crippen MR) is 82.4 cm³/mol. The monoisotopic (exact) mass is 311 g/mol. The Morgan fingerprint density at radius 2 is 2.00 bits per heavy atom. The summed E-state index contributed by atoms with van der Waals surface area (Å²) in [5, 5.41) is 13.6. The summed E-state index contributed by atoms with van der Waals surface area (Å²) < 4.78 is 5.27. The number of alkyl carbamates (subject to hydrolysis) is 1. The second kappa shape index (κ2) is 7.66. The summed E-state index contributed by atoms with van der Waals surface area (Å²) in [5.41, 5.74) is 0.567. The minimum atomic E-state index is -0.934. The Labute approximate surface area is 130 Å². The highest BCUT2D eigenvalue weighted by Crippen LogP contribution is 2.26. The molecule has 0 saturated heterocycles. The van der Waals surface area contributed by atoms with Gasteiger partial charge in [-0.3, -0.25) is 0 Å². The zero-order chi connectivity index (χ0) is 15.2. The summed E-state index contributed by atoms with van der Waals surface area (Å²) in [6.45, 7) is 1.66. The van der Waals surface area contributed by atoms with Crippen molar-refractivity contribution in [1.82, 2.24) is 5.32 Å². The number of benzene rings is 1. The summed E-state index contributed by atoms with van der Waals surface area (Å²) in [6, 6.07) is 7.20. The van der Waals surface area contributed by atoms with Crippen LogP contribution in [0.5, 0.6) is 0 Å². The lowest BCUT2D eigenvalue weighted by Gasteiger charge is -2.25. The highest BCUT2D eigenvalue weighted by atomic mass is 35.5. The van der Waals surface area contributed by atoms with E-state index in [0.717, 1.165) is 25.7 Å². The Kier molecular flexibility index (Phi) is 5.88. The summed E-state index contributed by atoms with van der Waals surface area (Å²) in [4.78, 5) is 11.9. The first-order valence-electron chi connectivity index (χ1n) is 7.47. The maximum Gasteiger partial charge on any atom is 0.407 e. The van der Waals surface area contributed by atoms with Gasteiger partial charge in [0.2, 0.25) is 0 Å². The molecule has 0 heterocycles. The topological polar surface area (TPSA) is 58.6 Å². The van der Waals surface area contributed by atoms with Crippen molar-refractivity contribution in [3.05, 3.63) is 34.9 Å². The van der Waals surface area contributed by atoms with Gasteiger partial charge in [-0.25, -0.2) is 4.79 Å². The number of rotatable bonds is 4. The Balaban J connectivity index is 1.86. The van der Waals surface area contributed by atoms with E-state index in [1.807, 2.05) is 0 Å². The zero-order valence-electron chi connectivity index (χ0n) is 12.2. The van der Waals surface area contributed by atoms with Gasteiger partial charge >= 0.3 is 6.09 Å². The number of hydrogen-bond acceptors (Lipinski definition) is 3. The third-order valence-electron chi connectivity index (χ3n) is 3.89. The smallest absolute Gasteiger partial charge is 0.407 e. The molecule has 0 aliphatic heterocycles. The van der Waals surface area contributed by atoms with Gasteiger partial charge in [0, 0.05) is 16.6 Å². The first-order chi connectivity index (χ1) is 10.1. The van der Waals surface area contributed by atoms with Crippen LogP contribution in [-0.4, -0.2) is 23.3 Å². The maximum absolute atomic E-state index is 11.9. The summed E-state index contributed by atoms with van der Waals surface area (Å²) in [6.07, 6.45) is 3.44. The van der Waals surface area contributed by atoms with Gasteiger partial charge in [0.05, 0.1) is 0 Å². The average molecular weight is 312 g/mol. The molecule has 2 atom stereocenters. The number of amides is 1. The second-order valence-corrected chi connectivity index (χ2v) is 5.96. The van der Waals surface area contributed by atoms with Crippen molar-refractivity contribution in [3.8, 4) is 0 Å². The Morgan fingerprint density at radius 3 is 2.67 bits per heavy atom. The van der Waals surface area contributed by atoms with Crippen LogP contribution in [-0.2, 0) is 4.74 Å². The van der Waals surface area contributed by atoms with E-state index in [1.54, 1.807) is 31.2 Å². The van der Waals surface area contributed by atoms with Crippen LogP contribution in [0, 0.1) is 0 Å². The number of carbonyl (C=O) groups excluding carboxylic acids is 1. The largest absolute Gasteiger partial charge is 0.443 e. The predicted octanol–water partition coefficient (Wildman–Crippen LogP) is 3.82. The van der Waals surface area contributed by atoms with E-state index in [-0.39, 0.29) is 6.04 Å². The molecule has 0 spiro atoms.